The van der Waals surface area contributed by atoms with Crippen LogP contribution < -0.4 is 9.47 Å². The molecule has 1 fully saturated rings. The summed E-state index contributed by atoms with van der Waals surface area (Å²) in [5.41, 5.74) is 2.29. The molecule has 1 saturated heterocycles. The van der Waals surface area contributed by atoms with E-state index >= 15 is 0 Å². The average Bonchev–Trinajstić information content (AvgIpc) is 3.27. The number of amides is 1. The number of carboxylic acid groups (broad SMARTS) is 1. The Bertz CT molecular complexity index is 1200. The lowest BCUT2D eigenvalue weighted by Crippen LogP contribution is -2.55. The summed E-state index contributed by atoms with van der Waals surface area (Å²) in [6.07, 6.45) is 4.19. The molecule has 1 N–H and O–H groups in total. The van der Waals surface area contributed by atoms with Gasteiger partial charge in [0.1, 0.15) is 23.9 Å². The summed E-state index contributed by atoms with van der Waals surface area (Å²) in [6.45, 7) is 2.10. The van der Waals surface area contributed by atoms with E-state index in [2.05, 4.69) is 9.88 Å². The third-order valence-electron chi connectivity index (χ3n) is 6.20. The maximum Gasteiger partial charge on any atom is 0.407 e. The van der Waals surface area contributed by atoms with Crippen LogP contribution in [0.2, 0.25) is 5.02 Å². The first-order chi connectivity index (χ1) is 16.0. The van der Waals surface area contributed by atoms with Gasteiger partial charge in [0.25, 0.3) is 0 Å². The molecule has 1 amide bonds. The van der Waals surface area contributed by atoms with Gasteiger partial charge >= 0.3 is 6.09 Å². The van der Waals surface area contributed by atoms with Gasteiger partial charge in [-0.3, -0.25) is 4.90 Å². The SMILES string of the molecule is COc1cccc(F)c1-c1cc(-n2ccnc2)c2c(c1Cl)OC[C@H]1CN(C(=O)O)CCN1C2. The van der Waals surface area contributed by atoms with Crippen LogP contribution in [0.1, 0.15) is 5.56 Å². The maximum atomic E-state index is 15.0. The molecule has 2 aliphatic rings. The zero-order chi connectivity index (χ0) is 23.1. The summed E-state index contributed by atoms with van der Waals surface area (Å²) in [5.74, 6) is 0.354. The number of imidazole rings is 1. The Balaban J connectivity index is 1.67. The van der Waals surface area contributed by atoms with Crippen LogP contribution in [0.4, 0.5) is 9.18 Å². The zero-order valence-electron chi connectivity index (χ0n) is 17.9. The lowest BCUT2D eigenvalue weighted by Gasteiger charge is -2.38. The Morgan fingerprint density at radius 2 is 2.21 bits per heavy atom. The van der Waals surface area contributed by atoms with Crippen molar-refractivity contribution in [1.29, 1.82) is 0 Å². The minimum atomic E-state index is -0.942. The van der Waals surface area contributed by atoms with Crippen molar-refractivity contribution in [3.63, 3.8) is 0 Å². The van der Waals surface area contributed by atoms with Gasteiger partial charge < -0.3 is 24.0 Å². The molecule has 0 unspecified atom stereocenters. The number of hydrogen-bond donors (Lipinski definition) is 1. The monoisotopic (exact) mass is 472 g/mol. The van der Waals surface area contributed by atoms with Crippen molar-refractivity contribution >= 4 is 17.7 Å². The van der Waals surface area contributed by atoms with Crippen LogP contribution in [0.3, 0.4) is 0 Å². The lowest BCUT2D eigenvalue weighted by molar-refractivity contribution is 0.0503. The molecule has 8 nitrogen and oxygen atoms in total. The molecule has 5 rings (SSSR count). The second-order valence-electron chi connectivity index (χ2n) is 8.02. The number of aromatic nitrogens is 2. The molecular formula is C23H22ClFN4O4. The molecule has 1 atom stereocenters. The molecule has 0 saturated carbocycles. The number of fused-ring (bicyclic) bond motifs is 2. The molecule has 33 heavy (non-hydrogen) atoms. The minimum absolute atomic E-state index is 0.125. The Hall–Kier alpha value is -3.30. The van der Waals surface area contributed by atoms with Crippen LogP contribution in [0.5, 0.6) is 11.5 Å². The van der Waals surface area contributed by atoms with Gasteiger partial charge in [0.15, 0.2) is 0 Å². The van der Waals surface area contributed by atoms with Crippen molar-refractivity contribution in [3.05, 3.63) is 59.4 Å². The number of benzene rings is 2. The summed E-state index contributed by atoms with van der Waals surface area (Å²) in [5, 5.41) is 9.70. The lowest BCUT2D eigenvalue weighted by atomic mass is 9.99. The Kier molecular flexibility index (Phi) is 5.59. The summed E-state index contributed by atoms with van der Waals surface area (Å²) >= 11 is 6.85. The van der Waals surface area contributed by atoms with Gasteiger partial charge in [-0.25, -0.2) is 14.2 Å². The van der Waals surface area contributed by atoms with Crippen molar-refractivity contribution in [1.82, 2.24) is 19.4 Å². The van der Waals surface area contributed by atoms with Crippen molar-refractivity contribution < 1.29 is 23.8 Å². The number of methoxy groups -OCH3 is 1. The smallest absolute Gasteiger partial charge is 0.407 e. The van der Waals surface area contributed by atoms with Gasteiger partial charge in [0, 0.05) is 49.7 Å². The first kappa shape index (κ1) is 21.5. The Labute approximate surface area is 194 Å². The largest absolute Gasteiger partial charge is 0.496 e. The molecule has 2 aliphatic heterocycles. The topological polar surface area (TPSA) is 80.1 Å². The molecule has 0 aliphatic carbocycles. The fourth-order valence-electron chi connectivity index (χ4n) is 4.53. The number of piperazine rings is 1. The molecular weight excluding hydrogens is 451 g/mol. The highest BCUT2D eigenvalue weighted by Crippen LogP contribution is 2.46. The molecule has 3 aromatic rings. The number of halogens is 2. The predicted molar refractivity (Wildman–Crippen MR) is 120 cm³/mol. The van der Waals surface area contributed by atoms with Gasteiger partial charge in [-0.05, 0) is 18.2 Å². The average molecular weight is 473 g/mol. The van der Waals surface area contributed by atoms with E-state index in [1.807, 2.05) is 10.6 Å². The predicted octanol–water partition coefficient (Wildman–Crippen LogP) is 3.90. The van der Waals surface area contributed by atoms with Gasteiger partial charge in [-0.15, -0.1) is 0 Å². The normalized spacial score (nSPS) is 18.2. The zero-order valence-corrected chi connectivity index (χ0v) is 18.6. The van der Waals surface area contributed by atoms with Gasteiger partial charge in [0.2, 0.25) is 0 Å². The van der Waals surface area contributed by atoms with E-state index in [1.165, 1.54) is 18.1 Å². The standard InChI is InChI=1S/C23H22ClFN4O4/c1-32-19-4-2-3-17(25)20(19)15-9-18(29-6-5-26-13-29)16-11-27-7-8-28(23(30)31)10-14(27)12-33-22(16)21(15)24/h2-6,9,13-14H,7-8,10-12H2,1H3,(H,30,31)/t14-/m1/s1. The van der Waals surface area contributed by atoms with E-state index in [0.717, 1.165) is 11.3 Å². The van der Waals surface area contributed by atoms with Crippen molar-refractivity contribution in [2.24, 2.45) is 0 Å². The van der Waals surface area contributed by atoms with Crippen LogP contribution in [0, 0.1) is 5.82 Å². The molecule has 10 heteroatoms. The maximum absolute atomic E-state index is 15.0. The van der Waals surface area contributed by atoms with Gasteiger partial charge in [-0.2, -0.15) is 0 Å². The quantitative estimate of drug-likeness (QED) is 0.623. The van der Waals surface area contributed by atoms with Crippen LogP contribution in [0.25, 0.3) is 16.8 Å². The molecule has 172 valence electrons. The third-order valence-corrected chi connectivity index (χ3v) is 6.58. The fraction of sp³-hybridized carbons (Fsp3) is 0.304. The highest BCUT2D eigenvalue weighted by molar-refractivity contribution is 6.35. The first-order valence-corrected chi connectivity index (χ1v) is 10.9. The molecule has 0 radical (unpaired) electrons. The van der Waals surface area contributed by atoms with Crippen molar-refractivity contribution in [2.75, 3.05) is 33.4 Å². The van der Waals surface area contributed by atoms with Gasteiger partial charge in [0.05, 0.1) is 35.8 Å². The first-order valence-electron chi connectivity index (χ1n) is 10.5. The summed E-state index contributed by atoms with van der Waals surface area (Å²) in [6, 6.07) is 6.31. The molecule has 1 aromatic heterocycles. The van der Waals surface area contributed by atoms with Crippen LogP contribution in [-0.4, -0.2) is 69.9 Å². The fourth-order valence-corrected chi connectivity index (χ4v) is 4.84. The third kappa shape index (κ3) is 3.77. The number of hydrogen-bond acceptors (Lipinski definition) is 5. The van der Waals surface area contributed by atoms with E-state index in [0.29, 0.717) is 43.2 Å². The Morgan fingerprint density at radius 1 is 1.36 bits per heavy atom. The van der Waals surface area contributed by atoms with E-state index in [9.17, 15) is 14.3 Å². The molecule has 3 heterocycles. The number of ether oxygens (including phenoxy) is 2. The minimum Gasteiger partial charge on any atom is -0.496 e. The van der Waals surface area contributed by atoms with E-state index < -0.39 is 11.9 Å². The van der Waals surface area contributed by atoms with Crippen LogP contribution in [-0.2, 0) is 6.54 Å². The van der Waals surface area contributed by atoms with Crippen molar-refractivity contribution in [2.45, 2.75) is 12.6 Å². The van der Waals surface area contributed by atoms with Crippen LogP contribution >= 0.6 is 11.6 Å². The second kappa shape index (κ2) is 8.57. The summed E-state index contributed by atoms with van der Waals surface area (Å²) in [7, 11) is 1.48. The highest BCUT2D eigenvalue weighted by atomic mass is 35.5. The van der Waals surface area contributed by atoms with E-state index in [4.69, 9.17) is 21.1 Å². The molecule has 2 aromatic carbocycles. The highest BCUT2D eigenvalue weighted by Gasteiger charge is 2.35. The molecule has 0 bridgehead atoms. The summed E-state index contributed by atoms with van der Waals surface area (Å²) in [4.78, 5) is 19.2. The second-order valence-corrected chi connectivity index (χ2v) is 8.39. The van der Waals surface area contributed by atoms with Crippen molar-refractivity contribution in [3.8, 4) is 28.3 Å². The van der Waals surface area contributed by atoms with Gasteiger partial charge in [-0.1, -0.05) is 17.7 Å². The Morgan fingerprint density at radius 3 is 2.94 bits per heavy atom. The number of carbonyl (C=O) groups is 1. The summed E-state index contributed by atoms with van der Waals surface area (Å²) < 4.78 is 28.4. The molecule has 0 spiro atoms. The number of nitrogens with zero attached hydrogens (tertiary/aromatic N) is 4. The van der Waals surface area contributed by atoms with Crippen LogP contribution in [0.15, 0.2) is 43.0 Å². The van der Waals surface area contributed by atoms with E-state index in [1.54, 1.807) is 30.9 Å². The van der Waals surface area contributed by atoms with E-state index in [-0.39, 0.29) is 23.2 Å². The number of rotatable bonds is 3.